The highest BCUT2D eigenvalue weighted by Crippen LogP contribution is 2.83. The van der Waals surface area contributed by atoms with Crippen LogP contribution in [0.2, 0.25) is 0 Å². The molecular formula is C22H31NO3. The smallest absolute Gasteiger partial charge is 0.140 e. The summed E-state index contributed by atoms with van der Waals surface area (Å²) in [7, 11) is 0. The second-order valence-electron chi connectivity index (χ2n) is 10.7. The van der Waals surface area contributed by atoms with E-state index in [1.54, 1.807) is 0 Å². The second-order valence-corrected chi connectivity index (χ2v) is 10.7. The maximum absolute atomic E-state index is 13.0. The third kappa shape index (κ3) is 1.33. The molecule has 1 aliphatic heterocycles. The van der Waals surface area contributed by atoms with Gasteiger partial charge in [-0.3, -0.25) is 9.69 Å². The molecule has 1 heterocycles. The summed E-state index contributed by atoms with van der Waals surface area (Å²) in [5, 5.41) is 22.8. The van der Waals surface area contributed by atoms with Crippen molar-refractivity contribution < 1.29 is 15.0 Å². The van der Waals surface area contributed by atoms with Crippen molar-refractivity contribution in [3.05, 3.63) is 12.2 Å². The molecule has 2 unspecified atom stereocenters. The summed E-state index contributed by atoms with van der Waals surface area (Å²) < 4.78 is 0. The average molecular weight is 357 g/mol. The fraction of sp³-hybridized carbons (Fsp3) is 0.864. The Morgan fingerprint density at radius 2 is 2.08 bits per heavy atom. The molecule has 2 N–H and O–H groups in total. The predicted molar refractivity (Wildman–Crippen MR) is 97.2 cm³/mol. The summed E-state index contributed by atoms with van der Waals surface area (Å²) in [6.45, 7) is 10.9. The standard InChI is InChI=1S/C22H31NO3/c1-4-23-10-20(3)6-5-17(25)22-15(20)7-13(18(22)23)21-9-12(11(2)19(21)26)14(24)8-16(21)22/h12-13,15-19,25-26H,2,4-10H2,1,3H3/t12-,13+,15-,16-,17+,18?,19-,20+,21?,22+/m1/s1. The number of carbonyl (C=O) groups is 1. The van der Waals surface area contributed by atoms with Crippen LogP contribution in [0.25, 0.3) is 0 Å². The molecule has 0 aromatic carbocycles. The van der Waals surface area contributed by atoms with Crippen LogP contribution in [0.5, 0.6) is 0 Å². The van der Waals surface area contributed by atoms with Crippen LogP contribution in [-0.2, 0) is 4.79 Å². The molecule has 2 spiro atoms. The largest absolute Gasteiger partial charge is 0.392 e. The number of hydrogen-bond acceptors (Lipinski definition) is 4. The van der Waals surface area contributed by atoms with E-state index in [4.69, 9.17) is 0 Å². The van der Waals surface area contributed by atoms with Crippen molar-refractivity contribution in [1.29, 1.82) is 0 Å². The summed E-state index contributed by atoms with van der Waals surface area (Å²) >= 11 is 0. The highest BCUT2D eigenvalue weighted by Gasteiger charge is 2.85. The van der Waals surface area contributed by atoms with Gasteiger partial charge >= 0.3 is 0 Å². The van der Waals surface area contributed by atoms with Gasteiger partial charge in [0.1, 0.15) is 5.78 Å². The van der Waals surface area contributed by atoms with E-state index in [1.807, 2.05) is 0 Å². The first kappa shape index (κ1) is 16.3. The van der Waals surface area contributed by atoms with Crippen LogP contribution in [-0.4, -0.2) is 52.2 Å². The topological polar surface area (TPSA) is 60.8 Å². The number of aliphatic hydroxyl groups excluding tert-OH is 2. The molecular weight excluding hydrogens is 326 g/mol. The molecule has 0 amide bonds. The summed E-state index contributed by atoms with van der Waals surface area (Å²) in [6.07, 6.45) is 3.50. The number of likely N-dealkylation sites (tertiary alicyclic amines) is 1. The minimum Gasteiger partial charge on any atom is -0.392 e. The number of rotatable bonds is 1. The van der Waals surface area contributed by atoms with Gasteiger partial charge in [-0.15, -0.1) is 0 Å². The van der Waals surface area contributed by atoms with Crippen LogP contribution in [0.1, 0.15) is 46.0 Å². The van der Waals surface area contributed by atoms with Gasteiger partial charge in [-0.05, 0) is 61.0 Å². The zero-order chi connectivity index (χ0) is 18.2. The molecule has 6 fully saturated rings. The molecule has 4 heteroatoms. The fourth-order valence-corrected chi connectivity index (χ4v) is 9.75. The molecule has 26 heavy (non-hydrogen) atoms. The summed E-state index contributed by atoms with van der Waals surface area (Å²) in [5.41, 5.74) is 0.598. The van der Waals surface area contributed by atoms with E-state index in [1.165, 1.54) is 0 Å². The highest BCUT2D eigenvalue weighted by molar-refractivity contribution is 5.87. The van der Waals surface area contributed by atoms with Crippen molar-refractivity contribution in [2.75, 3.05) is 13.1 Å². The van der Waals surface area contributed by atoms with E-state index in [9.17, 15) is 15.0 Å². The van der Waals surface area contributed by atoms with E-state index in [0.717, 1.165) is 44.3 Å². The van der Waals surface area contributed by atoms with E-state index in [0.29, 0.717) is 24.3 Å². The molecule has 5 saturated carbocycles. The second kappa shape index (κ2) is 4.47. The van der Waals surface area contributed by atoms with Gasteiger partial charge in [0.15, 0.2) is 0 Å². The van der Waals surface area contributed by atoms with Crippen molar-refractivity contribution in [2.24, 2.45) is 39.9 Å². The van der Waals surface area contributed by atoms with Crippen molar-refractivity contribution in [3.63, 3.8) is 0 Å². The molecule has 0 radical (unpaired) electrons. The predicted octanol–water partition coefficient (Wildman–Crippen LogP) is 2.00. The van der Waals surface area contributed by atoms with Crippen LogP contribution < -0.4 is 0 Å². The number of fused-ring (bicyclic) bond motifs is 1. The lowest BCUT2D eigenvalue weighted by Gasteiger charge is -2.65. The lowest BCUT2D eigenvalue weighted by molar-refractivity contribution is -0.211. The van der Waals surface area contributed by atoms with Crippen molar-refractivity contribution in [2.45, 2.75) is 64.2 Å². The maximum atomic E-state index is 13.0. The van der Waals surface area contributed by atoms with Crippen LogP contribution in [0.4, 0.5) is 0 Å². The molecule has 5 aliphatic carbocycles. The monoisotopic (exact) mass is 357 g/mol. The minimum atomic E-state index is -0.561. The number of carbonyl (C=O) groups excluding carboxylic acids is 1. The highest BCUT2D eigenvalue weighted by atomic mass is 16.3. The van der Waals surface area contributed by atoms with Crippen LogP contribution in [0.15, 0.2) is 12.2 Å². The molecule has 7 bridgehead atoms. The number of aliphatic hydroxyl groups is 2. The van der Waals surface area contributed by atoms with Gasteiger partial charge in [-0.25, -0.2) is 0 Å². The Bertz CT molecular complexity index is 735. The SMILES string of the molecule is C=C1[C@H]2CC3([C@@H]1O)[C@@H](CC2=O)[C@@]12C4[C@@H]3C[C@@H]1[C@@](C)(CC[C@@H]2O)CN4CC. The van der Waals surface area contributed by atoms with Gasteiger partial charge in [-0.1, -0.05) is 20.4 Å². The minimum absolute atomic E-state index is 0.130. The Kier molecular flexibility index (Phi) is 2.80. The summed E-state index contributed by atoms with van der Waals surface area (Å²) in [4.78, 5) is 15.6. The average Bonchev–Trinajstić information content (AvgIpc) is 3.14. The molecule has 142 valence electrons. The zero-order valence-corrected chi connectivity index (χ0v) is 15.9. The van der Waals surface area contributed by atoms with Gasteiger partial charge < -0.3 is 10.2 Å². The molecule has 0 aromatic heterocycles. The van der Waals surface area contributed by atoms with E-state index in [2.05, 4.69) is 25.3 Å². The van der Waals surface area contributed by atoms with Gasteiger partial charge in [0.25, 0.3) is 0 Å². The van der Waals surface area contributed by atoms with Crippen LogP contribution in [0, 0.1) is 39.9 Å². The third-order valence-electron chi connectivity index (χ3n) is 10.4. The van der Waals surface area contributed by atoms with Crippen molar-refractivity contribution >= 4 is 5.78 Å². The van der Waals surface area contributed by atoms with Gasteiger partial charge in [0.2, 0.25) is 0 Å². The lowest BCUT2D eigenvalue weighted by Crippen LogP contribution is -2.68. The van der Waals surface area contributed by atoms with Crippen molar-refractivity contribution in [3.8, 4) is 0 Å². The Hall–Kier alpha value is -0.710. The normalized spacial score (nSPS) is 62.7. The summed E-state index contributed by atoms with van der Waals surface area (Å²) in [6, 6.07) is 0.331. The zero-order valence-electron chi connectivity index (χ0n) is 15.9. The first-order valence-electron chi connectivity index (χ1n) is 10.6. The molecule has 0 aromatic rings. The number of hydrogen-bond donors (Lipinski definition) is 2. The first-order valence-corrected chi connectivity index (χ1v) is 10.6. The summed E-state index contributed by atoms with van der Waals surface area (Å²) in [5.74, 6) is 1.16. The van der Waals surface area contributed by atoms with Gasteiger partial charge in [0.05, 0.1) is 12.2 Å². The van der Waals surface area contributed by atoms with Gasteiger partial charge in [-0.2, -0.15) is 0 Å². The fourth-order valence-electron chi connectivity index (χ4n) is 9.75. The first-order chi connectivity index (χ1) is 12.3. The molecule has 6 aliphatic rings. The number of piperidine rings is 1. The Morgan fingerprint density at radius 3 is 2.81 bits per heavy atom. The van der Waals surface area contributed by atoms with Crippen LogP contribution in [0.3, 0.4) is 0 Å². The number of nitrogens with zero attached hydrogens (tertiary/aromatic N) is 1. The number of Topliss-reactive ketones (excluding diaryl/α,β-unsaturated/α-hetero) is 1. The molecule has 6 rings (SSSR count). The quantitative estimate of drug-likeness (QED) is 0.705. The van der Waals surface area contributed by atoms with E-state index < -0.39 is 6.10 Å². The Morgan fingerprint density at radius 1 is 1.31 bits per heavy atom. The third-order valence-corrected chi connectivity index (χ3v) is 10.4. The van der Waals surface area contributed by atoms with Crippen molar-refractivity contribution in [1.82, 2.24) is 4.90 Å². The lowest BCUT2D eigenvalue weighted by atomic mass is 9.43. The Labute approximate surface area is 155 Å². The molecule has 1 saturated heterocycles. The van der Waals surface area contributed by atoms with E-state index >= 15 is 0 Å². The number of ketones is 1. The Balaban J connectivity index is 1.62. The van der Waals surface area contributed by atoms with Crippen LogP contribution >= 0.6 is 0 Å². The molecule has 4 nitrogen and oxygen atoms in total. The van der Waals surface area contributed by atoms with Gasteiger partial charge in [0, 0.05) is 35.8 Å². The maximum Gasteiger partial charge on any atom is 0.140 e. The molecule has 10 atom stereocenters. The van der Waals surface area contributed by atoms with E-state index in [-0.39, 0.29) is 40.0 Å².